The second-order valence-corrected chi connectivity index (χ2v) is 6.57. The van der Waals surface area contributed by atoms with E-state index in [1.165, 1.54) is 0 Å². The number of hydrogen-bond acceptors (Lipinski definition) is 4. The maximum Gasteiger partial charge on any atom is 0.119 e. The van der Waals surface area contributed by atoms with Crippen molar-refractivity contribution in [2.75, 3.05) is 7.11 Å². The molecule has 1 atom stereocenters. The Balaban J connectivity index is 1.96. The summed E-state index contributed by atoms with van der Waals surface area (Å²) in [6.45, 7) is 2.08. The Hall–Kier alpha value is -1.20. The lowest BCUT2D eigenvalue weighted by atomic mass is 10.2. The van der Waals surface area contributed by atoms with Crippen LogP contribution in [0.3, 0.4) is 0 Å². The topological polar surface area (TPSA) is 39.2 Å². The van der Waals surface area contributed by atoms with Gasteiger partial charge in [0.2, 0.25) is 0 Å². The zero-order valence-electron chi connectivity index (χ0n) is 11.1. The number of rotatable bonds is 6. The number of aromatic nitrogens is 1. The molecule has 0 saturated carbocycles. The van der Waals surface area contributed by atoms with Gasteiger partial charge in [0.1, 0.15) is 5.75 Å². The van der Waals surface area contributed by atoms with E-state index in [1.807, 2.05) is 29.6 Å². The fraction of sp³-hybridized carbons (Fsp3) is 0.357. The van der Waals surface area contributed by atoms with Crippen LogP contribution < -0.4 is 4.74 Å². The van der Waals surface area contributed by atoms with E-state index in [-0.39, 0.29) is 0 Å². The molecule has 2 aromatic rings. The predicted molar refractivity (Wildman–Crippen MR) is 80.0 cm³/mol. The number of thiazole rings is 1. The van der Waals surface area contributed by atoms with Crippen molar-refractivity contribution < 1.29 is 8.95 Å². The van der Waals surface area contributed by atoms with Gasteiger partial charge in [-0.1, -0.05) is 19.1 Å². The molecule has 1 unspecified atom stereocenters. The second kappa shape index (κ2) is 6.82. The molecule has 0 saturated heterocycles. The highest BCUT2D eigenvalue weighted by atomic mass is 32.2. The van der Waals surface area contributed by atoms with E-state index in [9.17, 15) is 4.21 Å². The molecule has 0 bridgehead atoms. The fourth-order valence-corrected chi connectivity index (χ4v) is 3.72. The van der Waals surface area contributed by atoms with Crippen molar-refractivity contribution in [3.05, 3.63) is 45.9 Å². The van der Waals surface area contributed by atoms with Crippen LogP contribution in [0.1, 0.15) is 23.2 Å². The monoisotopic (exact) mass is 295 g/mol. The number of benzene rings is 1. The molecule has 0 spiro atoms. The summed E-state index contributed by atoms with van der Waals surface area (Å²) in [4.78, 5) is 4.44. The minimum absolute atomic E-state index is 0.522. The highest BCUT2D eigenvalue weighted by Crippen LogP contribution is 2.16. The van der Waals surface area contributed by atoms with E-state index in [0.717, 1.165) is 28.4 Å². The van der Waals surface area contributed by atoms with Gasteiger partial charge in [-0.25, -0.2) is 4.98 Å². The normalized spacial score (nSPS) is 12.3. The largest absolute Gasteiger partial charge is 0.497 e. The standard InChI is InChI=1S/C14H17NO2S2/c1-3-14-15-12(8-18-14)10-19(16)9-11-5-4-6-13(7-11)17-2/h4-8H,3,9-10H2,1-2H3. The van der Waals surface area contributed by atoms with Crippen molar-refractivity contribution in [3.8, 4) is 5.75 Å². The molecule has 0 aliphatic carbocycles. The van der Waals surface area contributed by atoms with E-state index < -0.39 is 10.8 Å². The molecule has 1 aromatic carbocycles. The van der Waals surface area contributed by atoms with Gasteiger partial charge in [-0.2, -0.15) is 0 Å². The highest BCUT2D eigenvalue weighted by Gasteiger charge is 2.07. The molecular weight excluding hydrogens is 278 g/mol. The summed E-state index contributed by atoms with van der Waals surface area (Å²) in [6, 6.07) is 7.71. The van der Waals surface area contributed by atoms with Crippen LogP contribution in [0.25, 0.3) is 0 Å². The molecule has 0 aliphatic heterocycles. The maximum atomic E-state index is 12.1. The van der Waals surface area contributed by atoms with Gasteiger partial charge in [-0.3, -0.25) is 4.21 Å². The van der Waals surface area contributed by atoms with Crippen LogP contribution in [0, 0.1) is 0 Å². The zero-order chi connectivity index (χ0) is 13.7. The first-order chi connectivity index (χ1) is 9.21. The van der Waals surface area contributed by atoms with Crippen molar-refractivity contribution >= 4 is 22.1 Å². The number of nitrogens with zero attached hydrogens (tertiary/aromatic N) is 1. The first-order valence-electron chi connectivity index (χ1n) is 6.12. The summed E-state index contributed by atoms with van der Waals surface area (Å²) in [7, 11) is 0.704. The summed E-state index contributed by atoms with van der Waals surface area (Å²) in [5, 5.41) is 3.11. The van der Waals surface area contributed by atoms with Crippen molar-refractivity contribution in [2.24, 2.45) is 0 Å². The first-order valence-corrected chi connectivity index (χ1v) is 8.49. The molecule has 2 rings (SSSR count). The lowest BCUT2D eigenvalue weighted by Crippen LogP contribution is -2.00. The Morgan fingerprint density at radius 1 is 1.37 bits per heavy atom. The molecule has 0 aliphatic rings. The van der Waals surface area contributed by atoms with Gasteiger partial charge in [0, 0.05) is 21.9 Å². The number of ether oxygens (including phenoxy) is 1. The van der Waals surface area contributed by atoms with Gasteiger partial charge in [-0.05, 0) is 24.1 Å². The van der Waals surface area contributed by atoms with Crippen LogP contribution >= 0.6 is 11.3 Å². The molecular formula is C14H17NO2S2. The highest BCUT2D eigenvalue weighted by molar-refractivity contribution is 7.83. The summed E-state index contributed by atoms with van der Waals surface area (Å²) in [5.41, 5.74) is 1.96. The van der Waals surface area contributed by atoms with E-state index in [0.29, 0.717) is 11.5 Å². The first kappa shape index (κ1) is 14.2. The molecule has 1 aromatic heterocycles. The van der Waals surface area contributed by atoms with Crippen LogP contribution in [0.5, 0.6) is 5.75 Å². The minimum atomic E-state index is -0.932. The van der Waals surface area contributed by atoms with Crippen LogP contribution in [0.2, 0.25) is 0 Å². The van der Waals surface area contributed by atoms with Crippen LogP contribution in [0.15, 0.2) is 29.6 Å². The summed E-state index contributed by atoms with van der Waals surface area (Å²) in [6.07, 6.45) is 0.938. The Morgan fingerprint density at radius 3 is 2.89 bits per heavy atom. The van der Waals surface area contributed by atoms with Crippen LogP contribution in [-0.4, -0.2) is 16.3 Å². The van der Waals surface area contributed by atoms with Gasteiger partial charge in [0.25, 0.3) is 0 Å². The third-order valence-electron chi connectivity index (χ3n) is 2.67. The van der Waals surface area contributed by atoms with Crippen molar-refractivity contribution in [2.45, 2.75) is 24.9 Å². The maximum absolute atomic E-state index is 12.1. The third-order valence-corrected chi connectivity index (χ3v) is 4.99. The van der Waals surface area contributed by atoms with E-state index in [2.05, 4.69) is 11.9 Å². The number of hydrogen-bond donors (Lipinski definition) is 0. The smallest absolute Gasteiger partial charge is 0.119 e. The molecule has 0 fully saturated rings. The molecule has 0 N–H and O–H groups in total. The average Bonchev–Trinajstić information content (AvgIpc) is 2.86. The third kappa shape index (κ3) is 4.14. The SMILES string of the molecule is CCc1nc(CS(=O)Cc2cccc(OC)c2)cs1. The van der Waals surface area contributed by atoms with E-state index in [4.69, 9.17) is 4.74 Å². The van der Waals surface area contributed by atoms with Gasteiger partial charge in [0.15, 0.2) is 0 Å². The Morgan fingerprint density at radius 2 is 2.21 bits per heavy atom. The van der Waals surface area contributed by atoms with Crippen molar-refractivity contribution in [1.29, 1.82) is 0 Å². The van der Waals surface area contributed by atoms with Gasteiger partial charge < -0.3 is 4.74 Å². The Bertz CT molecular complexity index is 566. The zero-order valence-corrected chi connectivity index (χ0v) is 12.7. The van der Waals surface area contributed by atoms with Crippen molar-refractivity contribution in [1.82, 2.24) is 4.98 Å². The average molecular weight is 295 g/mol. The quantitative estimate of drug-likeness (QED) is 0.821. The Labute approximate surface area is 120 Å². The van der Waals surface area contributed by atoms with Gasteiger partial charge in [-0.15, -0.1) is 11.3 Å². The predicted octanol–water partition coefficient (Wildman–Crippen LogP) is 3.16. The molecule has 1 heterocycles. The summed E-state index contributed by atoms with van der Waals surface area (Å²) in [5.74, 6) is 1.86. The number of aryl methyl sites for hydroxylation is 1. The molecule has 0 radical (unpaired) electrons. The van der Waals surface area contributed by atoms with E-state index in [1.54, 1.807) is 18.4 Å². The molecule has 0 amide bonds. The minimum Gasteiger partial charge on any atom is -0.497 e. The lowest BCUT2D eigenvalue weighted by molar-refractivity contribution is 0.414. The van der Waals surface area contributed by atoms with E-state index >= 15 is 0 Å². The summed E-state index contributed by atoms with van der Waals surface area (Å²) < 4.78 is 17.3. The van der Waals surface area contributed by atoms with Crippen LogP contribution in [-0.2, 0) is 28.7 Å². The van der Waals surface area contributed by atoms with Gasteiger partial charge in [0.05, 0.1) is 23.6 Å². The van der Waals surface area contributed by atoms with Gasteiger partial charge >= 0.3 is 0 Å². The molecule has 102 valence electrons. The fourth-order valence-electron chi connectivity index (χ4n) is 1.74. The molecule has 5 heteroatoms. The summed E-state index contributed by atoms with van der Waals surface area (Å²) >= 11 is 1.64. The second-order valence-electron chi connectivity index (χ2n) is 4.17. The molecule has 3 nitrogen and oxygen atoms in total. The van der Waals surface area contributed by atoms with Crippen LogP contribution in [0.4, 0.5) is 0 Å². The number of methoxy groups -OCH3 is 1. The Kier molecular flexibility index (Phi) is 5.10. The molecule has 19 heavy (non-hydrogen) atoms. The van der Waals surface area contributed by atoms with Crippen molar-refractivity contribution in [3.63, 3.8) is 0 Å². The lowest BCUT2D eigenvalue weighted by Gasteiger charge is -2.04.